The van der Waals surface area contributed by atoms with Crippen molar-refractivity contribution < 1.29 is 4.39 Å². The summed E-state index contributed by atoms with van der Waals surface area (Å²) in [4.78, 5) is 2.16. The minimum Gasteiger partial charge on any atom is -0.369 e. The van der Waals surface area contributed by atoms with Crippen molar-refractivity contribution in [1.29, 1.82) is 0 Å². The van der Waals surface area contributed by atoms with Gasteiger partial charge in [0.05, 0.1) is 0 Å². The zero-order chi connectivity index (χ0) is 12.2. The molecule has 3 heteroatoms. The van der Waals surface area contributed by atoms with Gasteiger partial charge in [-0.05, 0) is 43.0 Å². The van der Waals surface area contributed by atoms with E-state index in [1.165, 1.54) is 24.2 Å². The molecular weight excluding hydrogens is 227 g/mol. The Hall–Kier alpha value is -1.09. The molecule has 96 valence electrons. The quantitative estimate of drug-likeness (QED) is 0.859. The van der Waals surface area contributed by atoms with Gasteiger partial charge < -0.3 is 10.2 Å². The summed E-state index contributed by atoms with van der Waals surface area (Å²) in [6.45, 7) is 3.73. The van der Waals surface area contributed by atoms with E-state index in [0.717, 1.165) is 19.0 Å². The Morgan fingerprint density at radius 1 is 1.28 bits per heavy atom. The molecule has 0 amide bonds. The normalized spacial score (nSPS) is 37.9. The van der Waals surface area contributed by atoms with E-state index in [9.17, 15) is 4.39 Å². The minimum atomic E-state index is -0.643. The third-order valence-corrected chi connectivity index (χ3v) is 5.00. The van der Waals surface area contributed by atoms with Gasteiger partial charge in [0.15, 0.2) is 0 Å². The fourth-order valence-corrected chi connectivity index (χ4v) is 3.75. The number of piperidine rings is 1. The topological polar surface area (TPSA) is 15.3 Å². The van der Waals surface area contributed by atoms with Crippen LogP contribution in [0.15, 0.2) is 24.3 Å². The van der Waals surface area contributed by atoms with E-state index >= 15 is 0 Å². The maximum absolute atomic E-state index is 13.2. The lowest BCUT2D eigenvalue weighted by atomic mass is 9.95. The predicted molar refractivity (Wildman–Crippen MR) is 70.8 cm³/mol. The van der Waals surface area contributed by atoms with Gasteiger partial charge >= 0.3 is 0 Å². The average molecular weight is 246 g/mol. The van der Waals surface area contributed by atoms with Crippen LogP contribution in [0.5, 0.6) is 0 Å². The number of alkyl halides is 1. The highest BCUT2D eigenvalue weighted by Crippen LogP contribution is 2.56. The second-order valence-corrected chi connectivity index (χ2v) is 6.07. The second-order valence-electron chi connectivity index (χ2n) is 6.07. The molecule has 2 saturated heterocycles. The van der Waals surface area contributed by atoms with Crippen LogP contribution in [0.1, 0.15) is 18.4 Å². The van der Waals surface area contributed by atoms with Crippen LogP contribution in [0.4, 0.5) is 10.1 Å². The molecule has 1 N–H and O–H groups in total. The van der Waals surface area contributed by atoms with Crippen LogP contribution in [0.2, 0.25) is 0 Å². The van der Waals surface area contributed by atoms with Crippen molar-refractivity contribution >= 4 is 5.69 Å². The number of rotatable bonds is 2. The molecule has 0 spiro atoms. The molecule has 1 saturated carbocycles. The molecule has 3 atom stereocenters. The van der Waals surface area contributed by atoms with Gasteiger partial charge in [-0.2, -0.15) is 0 Å². The molecule has 1 aromatic rings. The minimum absolute atomic E-state index is 0.437. The fourth-order valence-electron chi connectivity index (χ4n) is 3.75. The first kappa shape index (κ1) is 10.8. The van der Waals surface area contributed by atoms with Gasteiger partial charge in [-0.1, -0.05) is 12.1 Å². The molecular formula is C15H19FN2. The SMILES string of the molecule is FC1CCN(c2ccc([C@]34CNC[C@H]3C4)cc2)C1. The van der Waals surface area contributed by atoms with Crippen LogP contribution in [-0.4, -0.2) is 32.4 Å². The summed E-state index contributed by atoms with van der Waals surface area (Å²) in [5.41, 5.74) is 3.09. The summed E-state index contributed by atoms with van der Waals surface area (Å²) < 4.78 is 13.2. The number of hydrogen-bond acceptors (Lipinski definition) is 2. The van der Waals surface area contributed by atoms with E-state index in [-0.39, 0.29) is 0 Å². The van der Waals surface area contributed by atoms with Gasteiger partial charge in [-0.15, -0.1) is 0 Å². The average Bonchev–Trinajstić information content (AvgIpc) is 2.75. The molecule has 4 rings (SSSR count). The summed E-state index contributed by atoms with van der Waals surface area (Å²) in [6.07, 6.45) is 1.38. The highest BCUT2D eigenvalue weighted by molar-refractivity contribution is 5.51. The van der Waals surface area contributed by atoms with Crippen LogP contribution in [0, 0.1) is 5.92 Å². The highest BCUT2D eigenvalue weighted by Gasteiger charge is 2.57. The molecule has 0 bridgehead atoms. The molecule has 1 aliphatic carbocycles. The van der Waals surface area contributed by atoms with Gasteiger partial charge in [-0.3, -0.25) is 0 Å². The summed E-state index contributed by atoms with van der Waals surface area (Å²) in [6, 6.07) is 8.87. The summed E-state index contributed by atoms with van der Waals surface area (Å²) in [5, 5.41) is 3.48. The van der Waals surface area contributed by atoms with Crippen molar-refractivity contribution in [2.24, 2.45) is 5.92 Å². The van der Waals surface area contributed by atoms with E-state index in [0.29, 0.717) is 18.4 Å². The van der Waals surface area contributed by atoms with Crippen molar-refractivity contribution in [3.05, 3.63) is 29.8 Å². The lowest BCUT2D eigenvalue weighted by molar-refractivity contribution is 0.364. The first-order chi connectivity index (χ1) is 8.78. The highest BCUT2D eigenvalue weighted by atomic mass is 19.1. The first-order valence-corrected chi connectivity index (χ1v) is 6.98. The van der Waals surface area contributed by atoms with E-state index in [1.807, 2.05) is 0 Å². The Balaban J connectivity index is 1.55. The molecule has 1 aromatic carbocycles. The molecule has 2 nitrogen and oxygen atoms in total. The number of nitrogens with one attached hydrogen (secondary N) is 1. The molecule has 2 aliphatic heterocycles. The number of benzene rings is 1. The fraction of sp³-hybridized carbons (Fsp3) is 0.600. The Morgan fingerprint density at radius 3 is 2.67 bits per heavy atom. The zero-order valence-corrected chi connectivity index (χ0v) is 10.5. The maximum atomic E-state index is 13.2. The predicted octanol–water partition coefficient (Wildman–Crippen LogP) is 2.10. The van der Waals surface area contributed by atoms with E-state index in [4.69, 9.17) is 0 Å². The first-order valence-electron chi connectivity index (χ1n) is 6.98. The second kappa shape index (κ2) is 3.70. The lowest BCUT2D eigenvalue weighted by Gasteiger charge is -2.19. The molecule has 0 radical (unpaired) electrons. The number of fused-ring (bicyclic) bond motifs is 1. The Kier molecular flexibility index (Phi) is 2.22. The standard InChI is InChI=1S/C15H19FN2/c16-13-5-6-18(9-13)14-3-1-11(2-4-14)15-7-12(15)8-17-10-15/h1-4,12-13,17H,5-10H2/t12-,13?,15+/m1/s1. The Labute approximate surface area is 107 Å². The molecule has 3 aliphatic rings. The molecule has 3 fully saturated rings. The molecule has 2 heterocycles. The van der Waals surface area contributed by atoms with Gasteiger partial charge in [0.1, 0.15) is 6.17 Å². The van der Waals surface area contributed by atoms with Crippen molar-refractivity contribution in [3.8, 4) is 0 Å². The van der Waals surface area contributed by atoms with Gasteiger partial charge in [0.25, 0.3) is 0 Å². The third-order valence-electron chi connectivity index (χ3n) is 5.00. The monoisotopic (exact) mass is 246 g/mol. The van der Waals surface area contributed by atoms with Crippen LogP contribution in [0.3, 0.4) is 0 Å². The Morgan fingerprint density at radius 2 is 2.11 bits per heavy atom. The summed E-state index contributed by atoms with van der Waals surface area (Å²) in [5.74, 6) is 0.852. The van der Waals surface area contributed by atoms with Crippen LogP contribution < -0.4 is 10.2 Å². The van der Waals surface area contributed by atoms with Crippen molar-refractivity contribution in [1.82, 2.24) is 5.32 Å². The van der Waals surface area contributed by atoms with E-state index < -0.39 is 6.17 Å². The van der Waals surface area contributed by atoms with Crippen LogP contribution >= 0.6 is 0 Å². The summed E-state index contributed by atoms with van der Waals surface area (Å²) in [7, 11) is 0. The van der Waals surface area contributed by atoms with Crippen molar-refractivity contribution in [2.75, 3.05) is 31.1 Å². The largest absolute Gasteiger partial charge is 0.369 e. The Bertz CT molecular complexity index is 458. The number of hydrogen-bond donors (Lipinski definition) is 1. The van der Waals surface area contributed by atoms with Crippen molar-refractivity contribution in [2.45, 2.75) is 24.4 Å². The smallest absolute Gasteiger partial charge is 0.119 e. The van der Waals surface area contributed by atoms with Crippen LogP contribution in [0.25, 0.3) is 0 Å². The zero-order valence-electron chi connectivity index (χ0n) is 10.5. The maximum Gasteiger partial charge on any atom is 0.119 e. The number of nitrogens with zero attached hydrogens (tertiary/aromatic N) is 1. The van der Waals surface area contributed by atoms with E-state index in [2.05, 4.69) is 34.5 Å². The summed E-state index contributed by atoms with van der Waals surface area (Å²) >= 11 is 0. The van der Waals surface area contributed by atoms with Crippen molar-refractivity contribution in [3.63, 3.8) is 0 Å². The van der Waals surface area contributed by atoms with Gasteiger partial charge in [-0.25, -0.2) is 4.39 Å². The third kappa shape index (κ3) is 1.50. The van der Waals surface area contributed by atoms with Crippen LogP contribution in [-0.2, 0) is 5.41 Å². The van der Waals surface area contributed by atoms with E-state index in [1.54, 1.807) is 0 Å². The number of anilines is 1. The molecule has 1 unspecified atom stereocenters. The van der Waals surface area contributed by atoms with Gasteiger partial charge in [0.2, 0.25) is 0 Å². The molecule has 0 aromatic heterocycles. The number of halogens is 1. The lowest BCUT2D eigenvalue weighted by Crippen LogP contribution is -2.21. The van der Waals surface area contributed by atoms with Gasteiger partial charge in [0, 0.05) is 30.7 Å². The molecule has 18 heavy (non-hydrogen) atoms.